The molecule has 4 heterocycles. The highest BCUT2D eigenvalue weighted by molar-refractivity contribution is 5.90. The van der Waals surface area contributed by atoms with Gasteiger partial charge in [-0.15, -0.1) is 0 Å². The van der Waals surface area contributed by atoms with Crippen LogP contribution in [0.3, 0.4) is 0 Å². The first-order valence-electron chi connectivity index (χ1n) is 20.6. The number of hydrogen-bond donors (Lipinski definition) is 4. The fourth-order valence-electron chi connectivity index (χ4n) is 8.01. The number of ether oxygens (including phenoxy) is 3. The standard InChI is InChI=1S/C45H50N8O7/c1-4-14-52(39(54)22-48-45(57)58-3)23-37-46-20-33(49-37)29-16-31-25-60-36-19-30(17-32-26-59-35(18-29)40(31)41(32)36)34-21-47-38(50-34)24-53(15-5-2)44(56)42(27-10-7-6-8-11-27)51-43(55)28-12-9-13-28/h6-8,10-11,16-21,28,42H,4-5,9,12-15,22-26H2,1-3H3,(H,46,49)(H,47,50)(H,48,57)(H,51,55)/t42-/m1/s1. The second-order valence-electron chi connectivity index (χ2n) is 15.5. The Bertz CT molecular complexity index is 2340. The van der Waals surface area contributed by atoms with Crippen molar-refractivity contribution < 1.29 is 33.4 Å². The van der Waals surface area contributed by atoms with Gasteiger partial charge in [0.05, 0.1) is 44.0 Å². The van der Waals surface area contributed by atoms with Gasteiger partial charge in [0, 0.05) is 52.4 Å². The second kappa shape index (κ2) is 17.7. The Kier molecular flexibility index (Phi) is 11.8. The fraction of sp³-hybridized carbons (Fsp3) is 0.378. The third-order valence-corrected chi connectivity index (χ3v) is 11.3. The lowest BCUT2D eigenvalue weighted by molar-refractivity contribution is -0.139. The monoisotopic (exact) mass is 814 g/mol. The molecule has 3 aromatic carbocycles. The molecule has 0 spiro atoms. The summed E-state index contributed by atoms with van der Waals surface area (Å²) in [7, 11) is 1.25. The maximum atomic E-state index is 14.2. The SMILES string of the molecule is CCCN(Cc1ncc(-c2cc3c4c(c2)OCc2cc(-c5cnc(CN(CCC)C(=O)[C@H](NC(=O)C6CCC6)c6ccccc6)[nH]5)cc(c2-4)OC3)[nH]1)C(=O)CNC(=O)OC. The topological polar surface area (TPSA) is 184 Å². The van der Waals surface area contributed by atoms with Crippen LogP contribution in [-0.2, 0) is 45.4 Å². The van der Waals surface area contributed by atoms with Crippen molar-refractivity contribution in [2.24, 2.45) is 5.92 Å². The van der Waals surface area contributed by atoms with E-state index in [1.165, 1.54) is 7.11 Å². The normalized spacial score (nSPS) is 14.1. The highest BCUT2D eigenvalue weighted by Crippen LogP contribution is 2.50. The van der Waals surface area contributed by atoms with Gasteiger partial charge in [-0.05, 0) is 55.5 Å². The summed E-state index contributed by atoms with van der Waals surface area (Å²) < 4.78 is 17.4. The van der Waals surface area contributed by atoms with Crippen LogP contribution in [0.15, 0.2) is 67.0 Å². The predicted molar refractivity (Wildman–Crippen MR) is 222 cm³/mol. The number of methoxy groups -OCH3 is 1. The smallest absolute Gasteiger partial charge is 0.407 e. The second-order valence-corrected chi connectivity index (χ2v) is 15.5. The van der Waals surface area contributed by atoms with Crippen LogP contribution in [-0.4, -0.2) is 80.3 Å². The minimum absolute atomic E-state index is 0.0419. The van der Waals surface area contributed by atoms with E-state index in [0.29, 0.717) is 38.0 Å². The number of hydrogen-bond acceptors (Lipinski definition) is 9. The molecular formula is C45H50N8O7. The molecule has 2 aliphatic heterocycles. The number of alkyl carbamates (subject to hydrolysis) is 1. The van der Waals surface area contributed by atoms with Crippen LogP contribution in [0.4, 0.5) is 4.79 Å². The van der Waals surface area contributed by atoms with Crippen LogP contribution in [0, 0.1) is 5.92 Å². The van der Waals surface area contributed by atoms with E-state index in [0.717, 1.165) is 93.9 Å². The first-order chi connectivity index (χ1) is 29.2. The molecule has 1 aliphatic carbocycles. The van der Waals surface area contributed by atoms with Crippen molar-refractivity contribution in [2.75, 3.05) is 26.7 Å². The minimum atomic E-state index is -0.783. The summed E-state index contributed by atoms with van der Waals surface area (Å²) >= 11 is 0. The summed E-state index contributed by atoms with van der Waals surface area (Å²) in [5.41, 5.74) is 8.07. The number of rotatable bonds is 16. The zero-order chi connectivity index (χ0) is 41.8. The van der Waals surface area contributed by atoms with E-state index in [4.69, 9.17) is 14.5 Å². The summed E-state index contributed by atoms with van der Waals surface area (Å²) in [6, 6.07) is 16.8. The largest absolute Gasteiger partial charge is 0.488 e. The molecule has 0 saturated heterocycles. The zero-order valence-electron chi connectivity index (χ0n) is 34.1. The number of H-pyrrole nitrogens is 2. The first-order valence-corrected chi connectivity index (χ1v) is 20.6. The van der Waals surface area contributed by atoms with E-state index in [-0.39, 0.29) is 43.3 Å². The number of amides is 4. The molecule has 1 atom stereocenters. The van der Waals surface area contributed by atoms with Crippen LogP contribution >= 0.6 is 0 Å². The van der Waals surface area contributed by atoms with Gasteiger partial charge in [0.15, 0.2) is 0 Å². The maximum Gasteiger partial charge on any atom is 0.407 e. The average molecular weight is 815 g/mol. The van der Waals surface area contributed by atoms with Gasteiger partial charge < -0.3 is 44.6 Å². The van der Waals surface area contributed by atoms with Crippen molar-refractivity contribution in [1.82, 2.24) is 40.4 Å². The van der Waals surface area contributed by atoms with Gasteiger partial charge in [0.1, 0.15) is 48.9 Å². The van der Waals surface area contributed by atoms with Crippen molar-refractivity contribution in [3.05, 3.63) is 95.3 Å². The van der Waals surface area contributed by atoms with Gasteiger partial charge in [-0.2, -0.15) is 0 Å². The third kappa shape index (κ3) is 8.42. The lowest BCUT2D eigenvalue weighted by Gasteiger charge is -2.30. The molecule has 5 aromatic rings. The first kappa shape index (κ1) is 40.2. The van der Waals surface area contributed by atoms with Crippen molar-refractivity contribution in [2.45, 2.75) is 78.3 Å². The number of nitrogens with zero attached hydrogens (tertiary/aromatic N) is 4. The number of carbonyl (C=O) groups is 4. The molecule has 0 unspecified atom stereocenters. The third-order valence-electron chi connectivity index (χ3n) is 11.3. The Morgan fingerprint density at radius 2 is 1.38 bits per heavy atom. The van der Waals surface area contributed by atoms with Gasteiger partial charge >= 0.3 is 6.09 Å². The lowest BCUT2D eigenvalue weighted by atomic mass is 9.84. The van der Waals surface area contributed by atoms with Crippen molar-refractivity contribution in [3.63, 3.8) is 0 Å². The molecule has 15 nitrogen and oxygen atoms in total. The van der Waals surface area contributed by atoms with Crippen molar-refractivity contribution in [1.29, 1.82) is 0 Å². The van der Waals surface area contributed by atoms with Crippen LogP contribution in [0.1, 0.15) is 80.3 Å². The Labute approximate surface area is 348 Å². The van der Waals surface area contributed by atoms with Crippen LogP contribution in [0.25, 0.3) is 33.6 Å². The summed E-state index contributed by atoms with van der Waals surface area (Å²) in [5, 5.41) is 5.51. The Hall–Kier alpha value is -6.64. The number of benzene rings is 3. The number of aromatic nitrogens is 4. The Morgan fingerprint density at radius 1 is 0.817 bits per heavy atom. The van der Waals surface area contributed by atoms with Crippen LogP contribution in [0.5, 0.6) is 11.5 Å². The molecule has 2 aromatic heterocycles. The van der Waals surface area contributed by atoms with Crippen molar-refractivity contribution in [3.8, 4) is 45.1 Å². The molecule has 4 N–H and O–H groups in total. The van der Waals surface area contributed by atoms with Crippen molar-refractivity contribution >= 4 is 23.8 Å². The molecule has 0 radical (unpaired) electrons. The molecule has 3 aliphatic rings. The van der Waals surface area contributed by atoms with E-state index in [1.54, 1.807) is 22.2 Å². The number of carbonyl (C=O) groups excluding carboxylic acids is 4. The zero-order valence-corrected chi connectivity index (χ0v) is 34.1. The van der Waals surface area contributed by atoms with E-state index in [1.807, 2.05) is 56.3 Å². The van der Waals surface area contributed by atoms with Gasteiger partial charge in [-0.3, -0.25) is 14.4 Å². The summed E-state index contributed by atoms with van der Waals surface area (Å²) in [6.45, 7) is 6.05. The Morgan fingerprint density at radius 3 is 1.92 bits per heavy atom. The summed E-state index contributed by atoms with van der Waals surface area (Å²) in [5.74, 6) is 2.24. The number of imidazole rings is 2. The Balaban J connectivity index is 0.986. The molecule has 0 bridgehead atoms. The molecule has 1 fully saturated rings. The van der Waals surface area contributed by atoms with Crippen LogP contribution in [0.2, 0.25) is 0 Å². The molecule has 4 amide bonds. The summed E-state index contributed by atoms with van der Waals surface area (Å²) in [6.07, 6.45) is 7.09. The summed E-state index contributed by atoms with van der Waals surface area (Å²) in [4.78, 5) is 71.1. The molecule has 1 saturated carbocycles. The van der Waals surface area contributed by atoms with Gasteiger partial charge in [0.25, 0.3) is 0 Å². The van der Waals surface area contributed by atoms with Gasteiger partial charge in [0.2, 0.25) is 17.7 Å². The lowest BCUT2D eigenvalue weighted by Crippen LogP contribution is -2.45. The van der Waals surface area contributed by atoms with Crippen LogP contribution < -0.4 is 20.1 Å². The number of aromatic amines is 2. The fourth-order valence-corrected chi connectivity index (χ4v) is 8.01. The van der Waals surface area contributed by atoms with Gasteiger partial charge in [-0.1, -0.05) is 50.6 Å². The maximum absolute atomic E-state index is 14.2. The molecule has 8 rings (SSSR count). The molecule has 60 heavy (non-hydrogen) atoms. The van der Waals surface area contributed by atoms with E-state index < -0.39 is 12.1 Å². The highest BCUT2D eigenvalue weighted by atomic mass is 16.5. The minimum Gasteiger partial charge on any atom is -0.488 e. The van der Waals surface area contributed by atoms with E-state index >= 15 is 0 Å². The molecular weight excluding hydrogens is 765 g/mol. The predicted octanol–water partition coefficient (Wildman–Crippen LogP) is 6.41. The van der Waals surface area contributed by atoms with Gasteiger partial charge in [-0.25, -0.2) is 14.8 Å². The average Bonchev–Trinajstić information content (AvgIpc) is 3.93. The highest BCUT2D eigenvalue weighted by Gasteiger charge is 2.33. The van der Waals surface area contributed by atoms with E-state index in [2.05, 4.69) is 42.5 Å². The number of nitrogens with one attached hydrogen (secondary N) is 4. The molecule has 15 heteroatoms. The quantitative estimate of drug-likeness (QED) is 0.0875. The molecule has 312 valence electrons. The van der Waals surface area contributed by atoms with E-state index in [9.17, 15) is 19.2 Å².